The second-order valence-electron chi connectivity index (χ2n) is 1.96. The molecule has 1 rings (SSSR count). The summed E-state index contributed by atoms with van der Waals surface area (Å²) in [5, 5.41) is 0. The lowest BCUT2D eigenvalue weighted by molar-refractivity contribution is -0.116. The van der Waals surface area contributed by atoms with Crippen LogP contribution in [-0.2, 0) is 9.53 Å². The van der Waals surface area contributed by atoms with Crippen molar-refractivity contribution >= 4 is 6.29 Å². The first kappa shape index (κ1) is 7.81. The molecule has 0 saturated carbocycles. The molecule has 11 heavy (non-hydrogen) atoms. The van der Waals surface area contributed by atoms with Crippen LogP contribution in [0.3, 0.4) is 0 Å². The van der Waals surface area contributed by atoms with Gasteiger partial charge in [0.1, 0.15) is 12.4 Å². The van der Waals surface area contributed by atoms with Gasteiger partial charge in [-0.25, -0.2) is 9.97 Å². The topological polar surface area (TPSA) is 52.1 Å². The predicted molar refractivity (Wildman–Crippen MR) is 37.8 cm³/mol. The number of hydrogen-bond donors (Lipinski definition) is 0. The summed E-state index contributed by atoms with van der Waals surface area (Å²) in [6, 6.07) is 0. The number of ether oxygens (including phenoxy) is 1. The fourth-order valence-electron chi connectivity index (χ4n) is 0.728. The molecule has 1 unspecified atom stereocenters. The Labute approximate surface area is 64.2 Å². The van der Waals surface area contributed by atoms with Gasteiger partial charge in [-0.3, -0.25) is 0 Å². The van der Waals surface area contributed by atoms with Crippen molar-refractivity contribution in [3.8, 4) is 0 Å². The molecule has 0 N–H and O–H groups in total. The van der Waals surface area contributed by atoms with E-state index < -0.39 is 6.10 Å². The molecule has 0 aliphatic heterocycles. The predicted octanol–water partition coefficient (Wildman–Crippen LogP) is 0.363. The summed E-state index contributed by atoms with van der Waals surface area (Å²) in [5.41, 5.74) is 0.671. The molecule has 0 amide bonds. The number of rotatable bonds is 3. The zero-order chi connectivity index (χ0) is 8.10. The van der Waals surface area contributed by atoms with Gasteiger partial charge >= 0.3 is 0 Å². The van der Waals surface area contributed by atoms with Crippen molar-refractivity contribution in [2.75, 3.05) is 7.11 Å². The van der Waals surface area contributed by atoms with Crippen LogP contribution in [0.25, 0.3) is 0 Å². The van der Waals surface area contributed by atoms with Crippen LogP contribution in [0.15, 0.2) is 18.7 Å². The molecule has 0 bridgehead atoms. The van der Waals surface area contributed by atoms with Gasteiger partial charge in [-0.05, 0) is 0 Å². The van der Waals surface area contributed by atoms with E-state index in [2.05, 4.69) is 9.97 Å². The fourth-order valence-corrected chi connectivity index (χ4v) is 0.728. The van der Waals surface area contributed by atoms with Crippen LogP contribution in [0.4, 0.5) is 0 Å². The van der Waals surface area contributed by atoms with Gasteiger partial charge in [0, 0.05) is 25.1 Å². The molecule has 4 nitrogen and oxygen atoms in total. The monoisotopic (exact) mass is 152 g/mol. The van der Waals surface area contributed by atoms with Crippen LogP contribution in [0.5, 0.6) is 0 Å². The maximum absolute atomic E-state index is 10.4. The first-order valence-electron chi connectivity index (χ1n) is 3.11. The molecular weight excluding hydrogens is 144 g/mol. The van der Waals surface area contributed by atoms with Gasteiger partial charge in [-0.1, -0.05) is 0 Å². The van der Waals surface area contributed by atoms with Crippen LogP contribution in [0, 0.1) is 0 Å². The third-order valence-corrected chi connectivity index (χ3v) is 1.29. The van der Waals surface area contributed by atoms with E-state index >= 15 is 0 Å². The summed E-state index contributed by atoms with van der Waals surface area (Å²) in [4.78, 5) is 17.9. The summed E-state index contributed by atoms with van der Waals surface area (Å²) < 4.78 is 4.84. The molecule has 0 radical (unpaired) electrons. The molecule has 0 aliphatic rings. The first-order chi connectivity index (χ1) is 5.38. The minimum absolute atomic E-state index is 0.545. The number of aromatic nitrogens is 2. The van der Waals surface area contributed by atoms with Gasteiger partial charge in [0.25, 0.3) is 0 Å². The number of hydrogen-bond acceptors (Lipinski definition) is 4. The van der Waals surface area contributed by atoms with Gasteiger partial charge in [-0.15, -0.1) is 0 Å². The van der Waals surface area contributed by atoms with Crippen LogP contribution in [0.1, 0.15) is 11.7 Å². The van der Waals surface area contributed by atoms with Crippen molar-refractivity contribution in [2.24, 2.45) is 0 Å². The van der Waals surface area contributed by atoms with Crippen molar-refractivity contribution in [1.29, 1.82) is 0 Å². The van der Waals surface area contributed by atoms with Crippen LogP contribution in [-0.4, -0.2) is 23.4 Å². The largest absolute Gasteiger partial charge is 0.369 e. The van der Waals surface area contributed by atoms with Crippen molar-refractivity contribution in [3.05, 3.63) is 24.3 Å². The van der Waals surface area contributed by atoms with E-state index in [1.807, 2.05) is 0 Å². The summed E-state index contributed by atoms with van der Waals surface area (Å²) in [5.74, 6) is 0. The average molecular weight is 152 g/mol. The molecule has 1 aromatic rings. The van der Waals surface area contributed by atoms with E-state index in [9.17, 15) is 4.79 Å². The number of nitrogens with zero attached hydrogens (tertiary/aromatic N) is 2. The van der Waals surface area contributed by atoms with Crippen molar-refractivity contribution in [2.45, 2.75) is 6.10 Å². The maximum Gasteiger partial charge on any atom is 0.153 e. The fraction of sp³-hybridized carbons (Fsp3) is 0.286. The number of carbonyl (C=O) groups excluding carboxylic acids is 1. The van der Waals surface area contributed by atoms with Gasteiger partial charge in [0.2, 0.25) is 0 Å². The van der Waals surface area contributed by atoms with E-state index in [1.165, 1.54) is 13.4 Å². The first-order valence-corrected chi connectivity index (χ1v) is 3.11. The van der Waals surface area contributed by atoms with Crippen LogP contribution >= 0.6 is 0 Å². The highest BCUT2D eigenvalue weighted by molar-refractivity contribution is 5.59. The molecule has 0 saturated heterocycles. The molecule has 0 aliphatic carbocycles. The van der Waals surface area contributed by atoms with Gasteiger partial charge in [0.15, 0.2) is 6.29 Å². The van der Waals surface area contributed by atoms with E-state index in [0.29, 0.717) is 11.8 Å². The quantitative estimate of drug-likeness (QED) is 0.587. The summed E-state index contributed by atoms with van der Waals surface area (Å²) in [6.45, 7) is 0. The lowest BCUT2D eigenvalue weighted by Crippen LogP contribution is -2.02. The summed E-state index contributed by atoms with van der Waals surface area (Å²) in [7, 11) is 1.46. The van der Waals surface area contributed by atoms with E-state index in [-0.39, 0.29) is 0 Å². The minimum Gasteiger partial charge on any atom is -0.369 e. The van der Waals surface area contributed by atoms with Crippen LogP contribution < -0.4 is 0 Å². The molecule has 0 aromatic carbocycles. The highest BCUT2D eigenvalue weighted by Crippen LogP contribution is 2.09. The Kier molecular flexibility index (Phi) is 2.68. The third kappa shape index (κ3) is 1.81. The van der Waals surface area contributed by atoms with Crippen molar-refractivity contribution in [1.82, 2.24) is 9.97 Å². The molecule has 58 valence electrons. The number of aldehydes is 1. The normalized spacial score (nSPS) is 12.5. The molecule has 1 heterocycles. The highest BCUT2D eigenvalue weighted by atomic mass is 16.5. The van der Waals surface area contributed by atoms with E-state index in [4.69, 9.17) is 4.74 Å². The average Bonchev–Trinajstić information content (AvgIpc) is 2.09. The molecule has 4 heteroatoms. The smallest absolute Gasteiger partial charge is 0.153 e. The van der Waals surface area contributed by atoms with Gasteiger partial charge < -0.3 is 9.53 Å². The van der Waals surface area contributed by atoms with Crippen molar-refractivity contribution in [3.63, 3.8) is 0 Å². The number of carbonyl (C=O) groups is 1. The Balaban J connectivity index is 2.82. The second kappa shape index (κ2) is 3.78. The van der Waals surface area contributed by atoms with E-state index in [1.54, 1.807) is 12.4 Å². The Bertz CT molecular complexity index is 225. The maximum atomic E-state index is 10.4. The SMILES string of the molecule is COC(C=O)c1cncnc1. The summed E-state index contributed by atoms with van der Waals surface area (Å²) >= 11 is 0. The Morgan fingerprint density at radius 1 is 1.55 bits per heavy atom. The zero-order valence-electron chi connectivity index (χ0n) is 6.10. The summed E-state index contributed by atoms with van der Waals surface area (Å²) in [6.07, 6.45) is 4.67. The Morgan fingerprint density at radius 2 is 2.18 bits per heavy atom. The molecular formula is C7H8N2O2. The van der Waals surface area contributed by atoms with Gasteiger partial charge in [0.05, 0.1) is 0 Å². The Morgan fingerprint density at radius 3 is 2.64 bits per heavy atom. The third-order valence-electron chi connectivity index (χ3n) is 1.29. The Hall–Kier alpha value is -1.29. The molecule has 1 atom stereocenters. The van der Waals surface area contributed by atoms with Gasteiger partial charge in [-0.2, -0.15) is 0 Å². The van der Waals surface area contributed by atoms with Crippen LogP contribution in [0.2, 0.25) is 0 Å². The molecule has 1 aromatic heterocycles. The minimum atomic E-state index is -0.545. The second-order valence-corrected chi connectivity index (χ2v) is 1.96. The van der Waals surface area contributed by atoms with Crippen molar-refractivity contribution < 1.29 is 9.53 Å². The highest BCUT2D eigenvalue weighted by Gasteiger charge is 2.07. The zero-order valence-corrected chi connectivity index (χ0v) is 6.10. The van der Waals surface area contributed by atoms with E-state index in [0.717, 1.165) is 0 Å². The molecule has 0 spiro atoms. The molecule has 0 fully saturated rings. The lowest BCUT2D eigenvalue weighted by Gasteiger charge is -2.05. The lowest BCUT2D eigenvalue weighted by atomic mass is 10.2. The number of methoxy groups -OCH3 is 1. The standard InChI is InChI=1S/C7H8N2O2/c1-11-7(4-10)6-2-8-5-9-3-6/h2-5,7H,1H3.